The molecule has 0 aromatic heterocycles. The second-order valence-electron chi connectivity index (χ2n) is 12.8. The van der Waals surface area contributed by atoms with Crippen LogP contribution in [0.5, 0.6) is 0 Å². The number of nitrogens with zero attached hydrogens (tertiary/aromatic N) is 1. The maximum absolute atomic E-state index is 12.0. The number of rotatable bonds is 30. The Balaban J connectivity index is -0.000000882. The van der Waals surface area contributed by atoms with Crippen LogP contribution in [0.3, 0.4) is 0 Å². The van der Waals surface area contributed by atoms with E-state index in [1.54, 1.807) is 0 Å². The van der Waals surface area contributed by atoms with Crippen molar-refractivity contribution in [3.05, 3.63) is 0 Å². The van der Waals surface area contributed by atoms with Crippen molar-refractivity contribution in [2.45, 2.75) is 182 Å². The molecule has 0 spiro atoms. The summed E-state index contributed by atoms with van der Waals surface area (Å²) in [5, 5.41) is -1.93. The Labute approximate surface area is 291 Å². The van der Waals surface area contributed by atoms with Crippen molar-refractivity contribution in [3.63, 3.8) is 0 Å². The number of hydrogen-bond acceptors (Lipinski definition) is 6. The zero-order chi connectivity index (χ0) is 34.2. The van der Waals surface area contributed by atoms with Crippen LogP contribution >= 0.6 is 0 Å². The van der Waals surface area contributed by atoms with Crippen molar-refractivity contribution >= 4 is 22.1 Å². The number of esters is 2. The molecule has 278 valence electrons. The first-order valence-corrected chi connectivity index (χ1v) is 20.2. The minimum absolute atomic E-state index is 0. The Morgan fingerprint density at radius 2 is 0.870 bits per heavy atom. The molecule has 1 N–H and O–H groups in total. The number of carbonyl (C=O) groups excluding carboxylic acids is 2. The Kier molecular flexibility index (Phi) is 36.6. The van der Waals surface area contributed by atoms with E-state index < -0.39 is 33.7 Å². The SMILES string of the molecule is CCCCCCCCOC(=O)CC(C(=O)OCCCCCCCC)S(=O)(=O)O.CCCC[N+](CCCC)(CCCC)CCCC.[Cl-]. The number of unbranched alkanes of at least 4 members (excludes halogenated alkanes) is 14. The van der Waals surface area contributed by atoms with Crippen LogP contribution in [-0.4, -0.2) is 74.0 Å². The van der Waals surface area contributed by atoms with Crippen LogP contribution in [0.25, 0.3) is 0 Å². The molecule has 8 nitrogen and oxygen atoms in total. The van der Waals surface area contributed by atoms with Crippen LogP contribution in [0, 0.1) is 0 Å². The Morgan fingerprint density at radius 1 is 0.543 bits per heavy atom. The molecule has 46 heavy (non-hydrogen) atoms. The quantitative estimate of drug-likeness (QED) is 0.0398. The molecule has 0 fully saturated rings. The molecule has 0 saturated carbocycles. The fourth-order valence-corrected chi connectivity index (χ4v) is 6.04. The van der Waals surface area contributed by atoms with Gasteiger partial charge in [-0.15, -0.1) is 0 Å². The second-order valence-corrected chi connectivity index (χ2v) is 14.4. The zero-order valence-electron chi connectivity index (χ0n) is 30.8. The lowest BCUT2D eigenvalue weighted by molar-refractivity contribution is -0.929. The largest absolute Gasteiger partial charge is 1.00 e. The van der Waals surface area contributed by atoms with Crippen molar-refractivity contribution in [1.29, 1.82) is 0 Å². The summed E-state index contributed by atoms with van der Waals surface area (Å²) >= 11 is 0. The molecule has 0 aliphatic carbocycles. The summed E-state index contributed by atoms with van der Waals surface area (Å²) in [6.07, 6.45) is 22.4. The predicted molar refractivity (Wildman–Crippen MR) is 188 cm³/mol. The summed E-state index contributed by atoms with van der Waals surface area (Å²) in [6.45, 7) is 19.5. The van der Waals surface area contributed by atoms with Gasteiger partial charge in [-0.05, 0) is 38.5 Å². The Morgan fingerprint density at radius 3 is 1.22 bits per heavy atom. The number of carbonyl (C=O) groups is 2. The van der Waals surface area contributed by atoms with E-state index in [2.05, 4.69) is 41.5 Å². The van der Waals surface area contributed by atoms with Gasteiger partial charge in [-0.25, -0.2) is 0 Å². The first kappa shape index (κ1) is 49.5. The minimum Gasteiger partial charge on any atom is -1.00 e. The zero-order valence-corrected chi connectivity index (χ0v) is 32.4. The van der Waals surface area contributed by atoms with Crippen LogP contribution in [0.4, 0.5) is 0 Å². The fraction of sp³-hybridized carbons (Fsp3) is 0.944. The topological polar surface area (TPSA) is 107 Å². The molecule has 1 unspecified atom stereocenters. The number of quaternary nitrogens is 1. The van der Waals surface area contributed by atoms with Gasteiger partial charge in [0, 0.05) is 0 Å². The Hall–Kier alpha value is -0.900. The highest BCUT2D eigenvalue weighted by atomic mass is 35.5. The van der Waals surface area contributed by atoms with Gasteiger partial charge in [0.15, 0.2) is 5.25 Å². The second kappa shape index (κ2) is 34.0. The summed E-state index contributed by atoms with van der Waals surface area (Å²) in [7, 11) is -4.73. The van der Waals surface area contributed by atoms with Crippen molar-refractivity contribution < 1.29 is 48.9 Å². The molecule has 0 rings (SSSR count). The third-order valence-electron chi connectivity index (χ3n) is 8.42. The molecule has 0 aliphatic rings. The Bertz CT molecular complexity index is 758. The van der Waals surface area contributed by atoms with E-state index in [1.807, 2.05) is 0 Å². The van der Waals surface area contributed by atoms with Crippen LogP contribution in [0.1, 0.15) is 176 Å². The highest BCUT2D eigenvalue weighted by Crippen LogP contribution is 2.17. The molecule has 0 heterocycles. The highest BCUT2D eigenvalue weighted by molar-refractivity contribution is 7.87. The normalized spacial score (nSPS) is 12.1. The molecule has 0 aliphatic heterocycles. The predicted octanol–water partition coefficient (Wildman–Crippen LogP) is 6.45. The van der Waals surface area contributed by atoms with E-state index in [9.17, 15) is 22.6 Å². The molecule has 0 saturated heterocycles. The molecule has 0 bridgehead atoms. The van der Waals surface area contributed by atoms with Gasteiger partial charge in [0.05, 0.1) is 45.8 Å². The highest BCUT2D eigenvalue weighted by Gasteiger charge is 2.35. The standard InChI is InChI=1S/C20H38O7S.C16H36N.ClH/c1-3-5-7-9-11-13-15-26-19(21)17-18(28(23,24)25)20(22)27-16-14-12-10-8-6-4-2;1-5-9-13-17(14-10-6-2,15-11-7-3)16-12-8-4;/h18H,3-17H2,1-2H3,(H,23,24,25);5-16H2,1-4H3;1H/q;+1;/p-1. The van der Waals surface area contributed by atoms with E-state index in [-0.39, 0.29) is 25.6 Å². The molecular formula is C36H74ClNO7S. The van der Waals surface area contributed by atoms with Gasteiger partial charge in [-0.2, -0.15) is 8.42 Å². The lowest BCUT2D eigenvalue weighted by Crippen LogP contribution is -3.00. The molecule has 0 aromatic rings. The van der Waals surface area contributed by atoms with Gasteiger partial charge in [-0.1, -0.05) is 131 Å². The summed E-state index contributed by atoms with van der Waals surface area (Å²) in [5.41, 5.74) is 0. The first-order valence-electron chi connectivity index (χ1n) is 18.7. The third-order valence-corrected chi connectivity index (χ3v) is 9.50. The summed E-state index contributed by atoms with van der Waals surface area (Å²) in [5.74, 6) is -1.93. The van der Waals surface area contributed by atoms with Gasteiger partial charge >= 0.3 is 11.9 Å². The molecule has 0 amide bonds. The van der Waals surface area contributed by atoms with Crippen molar-refractivity contribution in [1.82, 2.24) is 0 Å². The minimum atomic E-state index is -4.73. The van der Waals surface area contributed by atoms with Crippen molar-refractivity contribution in [3.8, 4) is 0 Å². The van der Waals surface area contributed by atoms with Gasteiger partial charge in [0.1, 0.15) is 0 Å². The molecular weight excluding hydrogens is 626 g/mol. The van der Waals surface area contributed by atoms with E-state index in [0.29, 0.717) is 12.8 Å². The van der Waals surface area contributed by atoms with Crippen molar-refractivity contribution in [2.24, 2.45) is 0 Å². The number of halogens is 1. The van der Waals surface area contributed by atoms with E-state index in [0.717, 1.165) is 57.8 Å². The van der Waals surface area contributed by atoms with Crippen LogP contribution in [0.2, 0.25) is 0 Å². The van der Waals surface area contributed by atoms with Gasteiger partial charge < -0.3 is 26.4 Å². The van der Waals surface area contributed by atoms with Gasteiger partial charge in [0.25, 0.3) is 10.1 Å². The summed E-state index contributed by atoms with van der Waals surface area (Å²) < 4.78 is 43.5. The average molecular weight is 701 g/mol. The summed E-state index contributed by atoms with van der Waals surface area (Å²) in [6, 6.07) is 0. The molecule has 0 radical (unpaired) electrons. The van der Waals surface area contributed by atoms with E-state index in [4.69, 9.17) is 9.47 Å². The van der Waals surface area contributed by atoms with E-state index >= 15 is 0 Å². The smallest absolute Gasteiger partial charge is 0.327 e. The first-order chi connectivity index (χ1) is 21.6. The van der Waals surface area contributed by atoms with Crippen LogP contribution in [-0.2, 0) is 29.2 Å². The third kappa shape index (κ3) is 29.3. The molecule has 1 atom stereocenters. The number of ether oxygens (including phenoxy) is 2. The lowest BCUT2D eigenvalue weighted by atomic mass is 10.1. The van der Waals surface area contributed by atoms with Crippen LogP contribution in [0.15, 0.2) is 0 Å². The van der Waals surface area contributed by atoms with Crippen LogP contribution < -0.4 is 12.4 Å². The van der Waals surface area contributed by atoms with Crippen molar-refractivity contribution in [2.75, 3.05) is 39.4 Å². The van der Waals surface area contributed by atoms with E-state index in [1.165, 1.54) is 88.4 Å². The lowest BCUT2D eigenvalue weighted by Gasteiger charge is -2.39. The fourth-order valence-electron chi connectivity index (χ4n) is 5.38. The average Bonchev–Trinajstić information content (AvgIpc) is 3.01. The maximum Gasteiger partial charge on any atom is 0.327 e. The van der Waals surface area contributed by atoms with Gasteiger partial charge in [-0.3, -0.25) is 14.1 Å². The molecule has 10 heteroatoms. The van der Waals surface area contributed by atoms with Gasteiger partial charge in [0.2, 0.25) is 0 Å². The molecule has 0 aromatic carbocycles. The summed E-state index contributed by atoms with van der Waals surface area (Å²) in [4.78, 5) is 23.8. The maximum atomic E-state index is 12.0. The monoisotopic (exact) mass is 699 g/mol. The number of hydrogen-bond donors (Lipinski definition) is 1.